The lowest BCUT2D eigenvalue weighted by molar-refractivity contribution is -0.0963. The quantitative estimate of drug-likeness (QED) is 0.913. The van der Waals surface area contributed by atoms with Crippen LogP contribution in [0.15, 0.2) is 36.5 Å². The van der Waals surface area contributed by atoms with Gasteiger partial charge in [-0.15, -0.1) is 0 Å². The number of nitrogens with zero attached hydrogens (tertiary/aromatic N) is 2. The predicted octanol–water partition coefficient (Wildman–Crippen LogP) is 1.92. The van der Waals surface area contributed by atoms with E-state index in [9.17, 15) is 0 Å². The van der Waals surface area contributed by atoms with Gasteiger partial charge in [-0.2, -0.15) is 0 Å². The highest BCUT2D eigenvalue weighted by atomic mass is 16.6. The third-order valence-corrected chi connectivity index (χ3v) is 3.52. The van der Waals surface area contributed by atoms with Crippen LogP contribution in [0.25, 0.3) is 11.4 Å². The second-order valence-corrected chi connectivity index (χ2v) is 5.39. The summed E-state index contributed by atoms with van der Waals surface area (Å²) in [7, 11) is 2.08. The van der Waals surface area contributed by atoms with E-state index in [-0.39, 0.29) is 6.10 Å². The first kappa shape index (κ1) is 14.3. The number of hydrogen-bond donors (Lipinski definition) is 1. The van der Waals surface area contributed by atoms with E-state index in [1.54, 1.807) is 0 Å². The molecule has 1 aromatic heterocycles. The molecular formula is C16H21N3O2. The number of nitrogens with one attached hydrogen (secondary N) is 1. The molecule has 0 aliphatic carbocycles. The topological polar surface area (TPSA) is 50.4 Å². The van der Waals surface area contributed by atoms with Crippen molar-refractivity contribution in [2.45, 2.75) is 12.6 Å². The van der Waals surface area contributed by atoms with Gasteiger partial charge < -0.3 is 14.5 Å². The Bertz CT molecular complexity index is 550. The number of H-pyrrole nitrogens is 1. The summed E-state index contributed by atoms with van der Waals surface area (Å²) in [6, 6.07) is 10.2. The van der Waals surface area contributed by atoms with Crippen LogP contribution in [-0.2, 0) is 16.0 Å². The van der Waals surface area contributed by atoms with Crippen molar-refractivity contribution in [1.82, 2.24) is 14.9 Å². The van der Waals surface area contributed by atoms with Gasteiger partial charge in [0.15, 0.2) is 0 Å². The fourth-order valence-electron chi connectivity index (χ4n) is 2.53. The molecule has 5 nitrogen and oxygen atoms in total. The number of ether oxygens (including phenoxy) is 2. The number of likely N-dealkylation sites (N-methyl/N-ethyl adjacent to an activating group) is 1. The monoisotopic (exact) mass is 287 g/mol. The first-order valence-corrected chi connectivity index (χ1v) is 7.28. The van der Waals surface area contributed by atoms with E-state index in [1.165, 1.54) is 0 Å². The fraction of sp³-hybridized carbons (Fsp3) is 0.438. The molecule has 1 saturated heterocycles. The van der Waals surface area contributed by atoms with Gasteiger partial charge in [0, 0.05) is 30.5 Å². The van der Waals surface area contributed by atoms with Gasteiger partial charge in [-0.05, 0) is 7.05 Å². The van der Waals surface area contributed by atoms with Crippen LogP contribution in [0.3, 0.4) is 0 Å². The lowest BCUT2D eigenvalue weighted by Gasteiger charge is -2.27. The van der Waals surface area contributed by atoms with Crippen molar-refractivity contribution < 1.29 is 9.47 Å². The van der Waals surface area contributed by atoms with Crippen LogP contribution in [0, 0.1) is 0 Å². The maximum atomic E-state index is 5.67. The molecule has 0 spiro atoms. The van der Waals surface area contributed by atoms with Crippen LogP contribution in [-0.4, -0.2) is 54.4 Å². The third kappa shape index (κ3) is 3.91. The van der Waals surface area contributed by atoms with Crippen molar-refractivity contribution in [1.29, 1.82) is 0 Å². The molecule has 1 N–H and O–H groups in total. The van der Waals surface area contributed by atoms with Crippen LogP contribution in [0.1, 0.15) is 5.69 Å². The smallest absolute Gasteiger partial charge is 0.137 e. The van der Waals surface area contributed by atoms with E-state index in [1.807, 2.05) is 24.4 Å². The summed E-state index contributed by atoms with van der Waals surface area (Å²) in [6.45, 7) is 3.77. The SMILES string of the molecule is CN(Cc1cnc(-c2ccccc2)[nH]1)CC1COCCO1. The average Bonchev–Trinajstić information content (AvgIpc) is 2.97. The number of imidazole rings is 1. The Balaban J connectivity index is 1.56. The van der Waals surface area contributed by atoms with Gasteiger partial charge in [0.1, 0.15) is 5.82 Å². The number of aromatic amines is 1. The summed E-state index contributed by atoms with van der Waals surface area (Å²) in [4.78, 5) is 10.0. The molecular weight excluding hydrogens is 266 g/mol. The van der Waals surface area contributed by atoms with Crippen LogP contribution in [0.4, 0.5) is 0 Å². The molecule has 0 saturated carbocycles. The van der Waals surface area contributed by atoms with E-state index in [2.05, 4.69) is 34.0 Å². The normalized spacial score (nSPS) is 19.0. The van der Waals surface area contributed by atoms with Gasteiger partial charge in [-0.1, -0.05) is 30.3 Å². The molecule has 1 aliphatic heterocycles. The molecule has 0 bridgehead atoms. The Morgan fingerprint density at radius 3 is 2.90 bits per heavy atom. The van der Waals surface area contributed by atoms with Crippen molar-refractivity contribution >= 4 is 0 Å². The van der Waals surface area contributed by atoms with Crippen LogP contribution >= 0.6 is 0 Å². The fourth-order valence-corrected chi connectivity index (χ4v) is 2.53. The Morgan fingerprint density at radius 1 is 1.29 bits per heavy atom. The molecule has 1 atom stereocenters. The van der Waals surface area contributed by atoms with Crippen molar-refractivity contribution in [3.8, 4) is 11.4 Å². The number of aromatic nitrogens is 2. The van der Waals surface area contributed by atoms with Gasteiger partial charge >= 0.3 is 0 Å². The van der Waals surface area contributed by atoms with Crippen molar-refractivity contribution in [2.75, 3.05) is 33.4 Å². The van der Waals surface area contributed by atoms with Gasteiger partial charge in [0.25, 0.3) is 0 Å². The highest BCUT2D eigenvalue weighted by Gasteiger charge is 2.16. The Hall–Kier alpha value is -1.69. The second kappa shape index (κ2) is 6.85. The number of benzene rings is 1. The summed E-state index contributed by atoms with van der Waals surface area (Å²) < 4.78 is 11.1. The van der Waals surface area contributed by atoms with E-state index >= 15 is 0 Å². The lowest BCUT2D eigenvalue weighted by atomic mass is 10.2. The van der Waals surface area contributed by atoms with E-state index in [4.69, 9.17) is 9.47 Å². The maximum absolute atomic E-state index is 5.67. The van der Waals surface area contributed by atoms with Crippen LogP contribution in [0.2, 0.25) is 0 Å². The Kier molecular flexibility index (Phi) is 4.65. The van der Waals surface area contributed by atoms with E-state index in [0.717, 1.165) is 30.2 Å². The Morgan fingerprint density at radius 2 is 2.14 bits per heavy atom. The van der Waals surface area contributed by atoms with Crippen molar-refractivity contribution in [3.63, 3.8) is 0 Å². The molecule has 1 unspecified atom stereocenters. The highest BCUT2D eigenvalue weighted by Crippen LogP contribution is 2.15. The molecule has 2 aromatic rings. The molecule has 2 heterocycles. The average molecular weight is 287 g/mol. The summed E-state index contributed by atoms with van der Waals surface area (Å²) >= 11 is 0. The summed E-state index contributed by atoms with van der Waals surface area (Å²) in [5.41, 5.74) is 2.21. The summed E-state index contributed by atoms with van der Waals surface area (Å²) in [5, 5.41) is 0. The van der Waals surface area contributed by atoms with Crippen molar-refractivity contribution in [3.05, 3.63) is 42.2 Å². The van der Waals surface area contributed by atoms with Crippen molar-refractivity contribution in [2.24, 2.45) is 0 Å². The molecule has 5 heteroatoms. The minimum Gasteiger partial charge on any atom is -0.376 e. The molecule has 0 radical (unpaired) electrons. The van der Waals surface area contributed by atoms with Crippen LogP contribution in [0.5, 0.6) is 0 Å². The van der Waals surface area contributed by atoms with E-state index in [0.29, 0.717) is 19.8 Å². The van der Waals surface area contributed by atoms with Gasteiger partial charge in [-0.3, -0.25) is 4.90 Å². The van der Waals surface area contributed by atoms with Gasteiger partial charge in [0.2, 0.25) is 0 Å². The number of rotatable bonds is 5. The maximum Gasteiger partial charge on any atom is 0.137 e. The molecule has 1 aliphatic rings. The minimum atomic E-state index is 0.167. The largest absolute Gasteiger partial charge is 0.376 e. The zero-order chi connectivity index (χ0) is 14.5. The molecule has 112 valence electrons. The zero-order valence-electron chi connectivity index (χ0n) is 12.3. The number of hydrogen-bond acceptors (Lipinski definition) is 4. The van der Waals surface area contributed by atoms with Crippen LogP contribution < -0.4 is 0 Å². The van der Waals surface area contributed by atoms with E-state index < -0.39 is 0 Å². The predicted molar refractivity (Wildman–Crippen MR) is 80.9 cm³/mol. The Labute approximate surface area is 124 Å². The lowest BCUT2D eigenvalue weighted by Crippen LogP contribution is -2.38. The third-order valence-electron chi connectivity index (χ3n) is 3.52. The zero-order valence-corrected chi connectivity index (χ0v) is 12.3. The minimum absolute atomic E-state index is 0.167. The molecule has 3 rings (SSSR count). The summed E-state index contributed by atoms with van der Waals surface area (Å²) in [5.74, 6) is 0.913. The van der Waals surface area contributed by atoms with Gasteiger partial charge in [0.05, 0.1) is 25.9 Å². The molecule has 1 fully saturated rings. The second-order valence-electron chi connectivity index (χ2n) is 5.39. The first-order valence-electron chi connectivity index (χ1n) is 7.28. The first-order chi connectivity index (χ1) is 10.3. The van der Waals surface area contributed by atoms with Gasteiger partial charge in [-0.25, -0.2) is 4.98 Å². The molecule has 1 aromatic carbocycles. The summed E-state index contributed by atoms with van der Waals surface area (Å²) in [6.07, 6.45) is 2.07. The molecule has 0 amide bonds. The highest BCUT2D eigenvalue weighted by molar-refractivity contribution is 5.54. The molecule has 21 heavy (non-hydrogen) atoms. The standard InChI is InChI=1S/C16H21N3O2/c1-19(11-15-12-20-7-8-21-15)10-14-9-17-16(18-14)13-5-3-2-4-6-13/h2-6,9,15H,7-8,10-12H2,1H3,(H,17,18).